The number of rotatable bonds is 1. The third-order valence-corrected chi connectivity index (χ3v) is 4.09. The van der Waals surface area contributed by atoms with Crippen molar-refractivity contribution < 1.29 is 4.79 Å². The van der Waals surface area contributed by atoms with Gasteiger partial charge in [0.25, 0.3) is 0 Å². The first-order chi connectivity index (χ1) is 7.12. The summed E-state index contributed by atoms with van der Waals surface area (Å²) in [5, 5.41) is 0. The highest BCUT2D eigenvalue weighted by molar-refractivity contribution is 5.90. The minimum absolute atomic E-state index is 0.200. The summed E-state index contributed by atoms with van der Waals surface area (Å²) >= 11 is 0. The molecular formula is C14H20O. The molecule has 0 heterocycles. The molecule has 0 radical (unpaired) electrons. The van der Waals surface area contributed by atoms with Crippen molar-refractivity contribution in [2.45, 2.75) is 45.4 Å². The van der Waals surface area contributed by atoms with Gasteiger partial charge in [0.05, 0.1) is 0 Å². The Bertz CT molecular complexity index is 313. The van der Waals surface area contributed by atoms with Crippen LogP contribution in [0.15, 0.2) is 24.3 Å². The standard InChI is InChI=1S/C14H20O/c1-11-5-3-4-6-13(11)14(2)9-7-12(15)8-10-14/h7,9,13H,1,3-6,8,10H2,2H3. The molecule has 0 aliphatic heterocycles. The molecule has 0 aromatic heterocycles. The summed E-state index contributed by atoms with van der Waals surface area (Å²) in [6, 6.07) is 0. The summed E-state index contributed by atoms with van der Waals surface area (Å²) in [5.74, 6) is 0.893. The fourth-order valence-corrected chi connectivity index (χ4v) is 3.01. The quantitative estimate of drug-likeness (QED) is 0.596. The molecule has 15 heavy (non-hydrogen) atoms. The summed E-state index contributed by atoms with van der Waals surface area (Å²) in [4.78, 5) is 11.2. The molecule has 1 saturated carbocycles. The second kappa shape index (κ2) is 3.96. The van der Waals surface area contributed by atoms with Crippen LogP contribution >= 0.6 is 0 Å². The van der Waals surface area contributed by atoms with E-state index in [0.29, 0.717) is 5.92 Å². The molecule has 0 bridgehead atoms. The molecule has 2 rings (SSSR count). The Morgan fingerprint density at radius 3 is 2.80 bits per heavy atom. The van der Waals surface area contributed by atoms with Gasteiger partial charge in [-0.1, -0.05) is 31.6 Å². The fraction of sp³-hybridized carbons (Fsp3) is 0.643. The molecule has 1 fully saturated rings. The van der Waals surface area contributed by atoms with Gasteiger partial charge in [0.1, 0.15) is 0 Å². The fourth-order valence-electron chi connectivity index (χ4n) is 3.01. The van der Waals surface area contributed by atoms with Crippen LogP contribution in [0.5, 0.6) is 0 Å². The summed E-state index contributed by atoms with van der Waals surface area (Å²) in [6.07, 6.45) is 10.7. The zero-order chi connectivity index (χ0) is 10.9. The van der Waals surface area contributed by atoms with Crippen LogP contribution < -0.4 is 0 Å². The average Bonchev–Trinajstić information content (AvgIpc) is 2.23. The minimum Gasteiger partial charge on any atom is -0.295 e. The molecule has 0 saturated heterocycles. The second-order valence-corrected chi connectivity index (χ2v) is 5.26. The van der Waals surface area contributed by atoms with Crippen molar-refractivity contribution in [3.05, 3.63) is 24.3 Å². The van der Waals surface area contributed by atoms with Crippen LogP contribution in [0.25, 0.3) is 0 Å². The van der Waals surface area contributed by atoms with Crippen LogP contribution in [0.2, 0.25) is 0 Å². The first-order valence-electron chi connectivity index (χ1n) is 6.01. The zero-order valence-electron chi connectivity index (χ0n) is 9.59. The topological polar surface area (TPSA) is 17.1 Å². The van der Waals surface area contributed by atoms with Crippen molar-refractivity contribution >= 4 is 5.78 Å². The molecule has 2 aliphatic carbocycles. The molecular weight excluding hydrogens is 184 g/mol. The highest BCUT2D eigenvalue weighted by atomic mass is 16.1. The van der Waals surface area contributed by atoms with E-state index in [0.717, 1.165) is 12.8 Å². The van der Waals surface area contributed by atoms with Crippen LogP contribution in [0, 0.1) is 11.3 Å². The predicted molar refractivity (Wildman–Crippen MR) is 62.6 cm³/mol. The number of hydrogen-bond donors (Lipinski definition) is 0. The normalized spacial score (nSPS) is 37.0. The lowest BCUT2D eigenvalue weighted by Gasteiger charge is -2.40. The Labute approximate surface area is 92.3 Å². The number of carbonyl (C=O) groups excluding carboxylic acids is 1. The molecule has 0 spiro atoms. The molecule has 2 unspecified atom stereocenters. The molecule has 0 aromatic carbocycles. The van der Waals surface area contributed by atoms with E-state index in [1.54, 1.807) is 6.08 Å². The van der Waals surface area contributed by atoms with Gasteiger partial charge in [-0.2, -0.15) is 0 Å². The lowest BCUT2D eigenvalue weighted by atomic mass is 9.64. The molecule has 0 N–H and O–H groups in total. The van der Waals surface area contributed by atoms with E-state index in [9.17, 15) is 4.79 Å². The molecule has 2 atom stereocenters. The van der Waals surface area contributed by atoms with E-state index in [1.165, 1.54) is 31.3 Å². The SMILES string of the molecule is C=C1CCCCC1C1(C)C=CC(=O)CC1. The Hall–Kier alpha value is -0.850. The second-order valence-electron chi connectivity index (χ2n) is 5.26. The summed E-state index contributed by atoms with van der Waals surface area (Å²) in [5.41, 5.74) is 1.61. The highest BCUT2D eigenvalue weighted by Crippen LogP contribution is 2.46. The Balaban J connectivity index is 2.17. The monoisotopic (exact) mass is 204 g/mol. The Kier molecular flexibility index (Phi) is 2.81. The molecule has 1 nitrogen and oxygen atoms in total. The van der Waals surface area contributed by atoms with E-state index in [-0.39, 0.29) is 11.2 Å². The van der Waals surface area contributed by atoms with E-state index < -0.39 is 0 Å². The number of ketones is 1. The summed E-state index contributed by atoms with van der Waals surface area (Å²) < 4.78 is 0. The average molecular weight is 204 g/mol. The third kappa shape index (κ3) is 2.06. The van der Waals surface area contributed by atoms with Crippen molar-refractivity contribution in [1.29, 1.82) is 0 Å². The highest BCUT2D eigenvalue weighted by Gasteiger charge is 2.36. The lowest BCUT2D eigenvalue weighted by molar-refractivity contribution is -0.115. The van der Waals surface area contributed by atoms with Crippen molar-refractivity contribution in [3.8, 4) is 0 Å². The van der Waals surface area contributed by atoms with Gasteiger partial charge in [-0.3, -0.25) is 4.79 Å². The van der Waals surface area contributed by atoms with Gasteiger partial charge in [0.15, 0.2) is 5.78 Å². The maximum absolute atomic E-state index is 11.2. The maximum atomic E-state index is 11.2. The Morgan fingerprint density at radius 1 is 1.40 bits per heavy atom. The van der Waals surface area contributed by atoms with E-state index in [1.807, 2.05) is 0 Å². The number of carbonyl (C=O) groups is 1. The maximum Gasteiger partial charge on any atom is 0.155 e. The van der Waals surface area contributed by atoms with Crippen molar-refractivity contribution in [2.24, 2.45) is 11.3 Å². The van der Waals surface area contributed by atoms with Gasteiger partial charge in [0, 0.05) is 6.42 Å². The van der Waals surface area contributed by atoms with Crippen molar-refractivity contribution in [3.63, 3.8) is 0 Å². The first kappa shape index (κ1) is 10.7. The van der Waals surface area contributed by atoms with Crippen LogP contribution in [-0.4, -0.2) is 5.78 Å². The van der Waals surface area contributed by atoms with E-state index in [2.05, 4.69) is 19.6 Å². The van der Waals surface area contributed by atoms with Crippen LogP contribution in [-0.2, 0) is 4.79 Å². The Morgan fingerprint density at radius 2 is 2.20 bits per heavy atom. The van der Waals surface area contributed by atoms with Gasteiger partial charge in [0.2, 0.25) is 0 Å². The van der Waals surface area contributed by atoms with Crippen LogP contribution in [0.3, 0.4) is 0 Å². The lowest BCUT2D eigenvalue weighted by Crippen LogP contribution is -2.31. The van der Waals surface area contributed by atoms with E-state index >= 15 is 0 Å². The molecule has 82 valence electrons. The molecule has 2 aliphatic rings. The van der Waals surface area contributed by atoms with Crippen LogP contribution in [0.4, 0.5) is 0 Å². The van der Waals surface area contributed by atoms with E-state index in [4.69, 9.17) is 0 Å². The van der Waals surface area contributed by atoms with Crippen molar-refractivity contribution in [1.82, 2.24) is 0 Å². The summed E-state index contributed by atoms with van der Waals surface area (Å²) in [7, 11) is 0. The predicted octanol–water partition coefficient (Wildman–Crippen LogP) is 3.66. The minimum atomic E-state index is 0.200. The molecule has 0 aromatic rings. The molecule has 0 amide bonds. The van der Waals surface area contributed by atoms with Gasteiger partial charge >= 0.3 is 0 Å². The van der Waals surface area contributed by atoms with Gasteiger partial charge in [-0.15, -0.1) is 0 Å². The largest absolute Gasteiger partial charge is 0.295 e. The van der Waals surface area contributed by atoms with Crippen LogP contribution in [0.1, 0.15) is 45.4 Å². The smallest absolute Gasteiger partial charge is 0.155 e. The molecule has 1 heteroatoms. The zero-order valence-corrected chi connectivity index (χ0v) is 9.59. The number of allylic oxidation sites excluding steroid dienone is 3. The van der Waals surface area contributed by atoms with Gasteiger partial charge in [-0.05, 0) is 43.1 Å². The first-order valence-corrected chi connectivity index (χ1v) is 6.01. The van der Waals surface area contributed by atoms with Gasteiger partial charge in [-0.25, -0.2) is 0 Å². The van der Waals surface area contributed by atoms with Crippen molar-refractivity contribution in [2.75, 3.05) is 0 Å². The number of hydrogen-bond acceptors (Lipinski definition) is 1. The third-order valence-electron chi connectivity index (χ3n) is 4.09. The summed E-state index contributed by atoms with van der Waals surface area (Å²) in [6.45, 7) is 6.51. The van der Waals surface area contributed by atoms with Gasteiger partial charge < -0.3 is 0 Å².